The summed E-state index contributed by atoms with van der Waals surface area (Å²) in [5.74, 6) is -1.53. The molecule has 0 unspecified atom stereocenters. The molecule has 0 spiro atoms. The number of aliphatic hydroxyl groups is 1. The first-order chi connectivity index (χ1) is 15.9. The molecule has 174 valence electrons. The van der Waals surface area contributed by atoms with Gasteiger partial charge in [-0.2, -0.15) is 5.10 Å². The summed E-state index contributed by atoms with van der Waals surface area (Å²) in [6.07, 6.45) is 9.43. The highest BCUT2D eigenvalue weighted by atomic mass is 32.2. The van der Waals surface area contributed by atoms with Crippen LogP contribution in [0.25, 0.3) is 6.08 Å². The Balaban J connectivity index is 1.43. The van der Waals surface area contributed by atoms with Gasteiger partial charge in [0.25, 0.3) is 0 Å². The fraction of sp³-hybridized carbons (Fsp3) is 0.348. The van der Waals surface area contributed by atoms with Crippen LogP contribution in [0.5, 0.6) is 0 Å². The van der Waals surface area contributed by atoms with E-state index in [9.17, 15) is 13.9 Å². The molecule has 33 heavy (non-hydrogen) atoms. The van der Waals surface area contributed by atoms with Gasteiger partial charge in [-0.25, -0.2) is 18.4 Å². The van der Waals surface area contributed by atoms with Crippen molar-refractivity contribution in [3.63, 3.8) is 0 Å². The van der Waals surface area contributed by atoms with Crippen LogP contribution in [-0.4, -0.2) is 54.9 Å². The molecule has 0 saturated carbocycles. The Morgan fingerprint density at radius 3 is 2.76 bits per heavy atom. The van der Waals surface area contributed by atoms with Crippen molar-refractivity contribution in [3.05, 3.63) is 84.2 Å². The number of benzene rings is 1. The first-order valence-corrected chi connectivity index (χ1v) is 11.4. The second-order valence-electron chi connectivity index (χ2n) is 7.72. The minimum Gasteiger partial charge on any atom is -0.382 e. The lowest BCUT2D eigenvalue weighted by atomic mass is 9.90. The molecule has 2 aromatic heterocycles. The zero-order chi connectivity index (χ0) is 23.3. The van der Waals surface area contributed by atoms with Crippen molar-refractivity contribution in [1.29, 1.82) is 0 Å². The van der Waals surface area contributed by atoms with Crippen LogP contribution in [0, 0.1) is 11.6 Å². The number of hydrogen-bond acceptors (Lipinski definition) is 7. The van der Waals surface area contributed by atoms with Gasteiger partial charge in [0.15, 0.2) is 6.29 Å². The first-order valence-electron chi connectivity index (χ1n) is 10.4. The second kappa shape index (κ2) is 10.5. The van der Waals surface area contributed by atoms with Crippen molar-refractivity contribution in [2.75, 3.05) is 13.2 Å². The summed E-state index contributed by atoms with van der Waals surface area (Å²) in [7, 11) is 0. The predicted octanol–water partition coefficient (Wildman–Crippen LogP) is 3.42. The molecular formula is C23H24F2N4O3S. The van der Waals surface area contributed by atoms with E-state index in [2.05, 4.69) is 15.1 Å². The van der Waals surface area contributed by atoms with Crippen molar-refractivity contribution in [3.8, 4) is 0 Å². The van der Waals surface area contributed by atoms with E-state index in [0.717, 1.165) is 17.7 Å². The van der Waals surface area contributed by atoms with Crippen LogP contribution in [-0.2, 0) is 21.6 Å². The van der Waals surface area contributed by atoms with Crippen LogP contribution in [0.3, 0.4) is 0 Å². The molecule has 0 aliphatic carbocycles. The quantitative estimate of drug-likeness (QED) is 0.536. The van der Waals surface area contributed by atoms with Gasteiger partial charge in [-0.05, 0) is 23.8 Å². The Morgan fingerprint density at radius 2 is 2.09 bits per heavy atom. The summed E-state index contributed by atoms with van der Waals surface area (Å²) in [6.45, 7) is 2.53. The maximum Gasteiger partial charge on any atom is 0.177 e. The summed E-state index contributed by atoms with van der Waals surface area (Å²) in [5.41, 5.74) is -0.739. The number of thioether (sulfide) groups is 1. The van der Waals surface area contributed by atoms with E-state index in [0.29, 0.717) is 13.2 Å². The Labute approximate surface area is 194 Å². The molecule has 1 N–H and O–H groups in total. The van der Waals surface area contributed by atoms with E-state index in [-0.39, 0.29) is 17.4 Å². The third-order valence-electron chi connectivity index (χ3n) is 5.36. The number of rotatable bonds is 8. The number of ether oxygens (including phenoxy) is 2. The summed E-state index contributed by atoms with van der Waals surface area (Å²) in [5, 5.41) is 15.1. The van der Waals surface area contributed by atoms with E-state index in [1.807, 2.05) is 24.3 Å². The van der Waals surface area contributed by atoms with Gasteiger partial charge in [0.05, 0.1) is 25.0 Å². The van der Waals surface area contributed by atoms with Gasteiger partial charge >= 0.3 is 0 Å². The molecule has 3 heterocycles. The Bertz CT molecular complexity index is 1060. The van der Waals surface area contributed by atoms with Crippen LogP contribution in [0.1, 0.15) is 18.1 Å². The SMILES string of the molecule is C[C@@H](SC1COC(/C=C/c2cccnc2)OC1)[C@](O)(Cn1cncn1)c1ccc(F)cc1F. The van der Waals surface area contributed by atoms with Gasteiger partial charge in [0, 0.05) is 29.3 Å². The maximum absolute atomic E-state index is 14.7. The monoisotopic (exact) mass is 474 g/mol. The number of aromatic nitrogens is 4. The smallest absolute Gasteiger partial charge is 0.177 e. The standard InChI is InChI=1S/C23H24F2N4O3S/c1-16(33-19-11-31-22(32-12-19)7-4-17-3-2-8-26-10-17)23(30,13-29-15-27-14-28-29)20-6-5-18(24)9-21(20)25/h2-10,14-16,19,22,30H,11-13H2,1H3/b7-4+/t16-,19?,22?,23-/m1/s1. The molecule has 1 aliphatic heterocycles. The molecule has 1 aliphatic rings. The number of nitrogens with zero attached hydrogens (tertiary/aromatic N) is 4. The summed E-state index contributed by atoms with van der Waals surface area (Å²) in [4.78, 5) is 7.95. The highest BCUT2D eigenvalue weighted by Crippen LogP contribution is 2.38. The minimum absolute atomic E-state index is 0.00525. The molecule has 10 heteroatoms. The highest BCUT2D eigenvalue weighted by molar-refractivity contribution is 8.00. The minimum atomic E-state index is -1.67. The Morgan fingerprint density at radius 1 is 1.27 bits per heavy atom. The third-order valence-corrected chi connectivity index (χ3v) is 6.81. The van der Waals surface area contributed by atoms with E-state index < -0.39 is 28.8 Å². The topological polar surface area (TPSA) is 82.3 Å². The predicted molar refractivity (Wildman–Crippen MR) is 120 cm³/mol. The lowest BCUT2D eigenvalue weighted by Gasteiger charge is -2.37. The number of pyridine rings is 1. The van der Waals surface area contributed by atoms with Gasteiger partial charge in [-0.1, -0.05) is 25.1 Å². The molecule has 1 fully saturated rings. The summed E-state index contributed by atoms with van der Waals surface area (Å²) >= 11 is 1.42. The van der Waals surface area contributed by atoms with Gasteiger partial charge in [-0.15, -0.1) is 11.8 Å². The zero-order valence-electron chi connectivity index (χ0n) is 17.9. The van der Waals surface area contributed by atoms with Gasteiger partial charge in [-0.3, -0.25) is 4.98 Å². The van der Waals surface area contributed by atoms with Crippen LogP contribution < -0.4 is 0 Å². The van der Waals surface area contributed by atoms with Crippen molar-refractivity contribution >= 4 is 17.8 Å². The largest absolute Gasteiger partial charge is 0.382 e. The molecule has 0 amide bonds. The van der Waals surface area contributed by atoms with Crippen LogP contribution in [0.4, 0.5) is 8.78 Å². The highest BCUT2D eigenvalue weighted by Gasteiger charge is 2.41. The van der Waals surface area contributed by atoms with Crippen LogP contribution >= 0.6 is 11.8 Å². The number of halogens is 2. The molecule has 0 radical (unpaired) electrons. The third kappa shape index (κ3) is 5.83. The van der Waals surface area contributed by atoms with E-state index in [1.54, 1.807) is 19.3 Å². The Kier molecular flexibility index (Phi) is 7.49. The normalized spacial score (nSPS) is 21.7. The molecule has 1 aromatic carbocycles. The fourth-order valence-corrected chi connectivity index (χ4v) is 4.91. The molecule has 0 bridgehead atoms. The van der Waals surface area contributed by atoms with E-state index in [1.165, 1.54) is 35.2 Å². The van der Waals surface area contributed by atoms with Gasteiger partial charge < -0.3 is 14.6 Å². The summed E-state index contributed by atoms with van der Waals surface area (Å²) < 4.78 is 41.2. The lowest BCUT2D eigenvalue weighted by molar-refractivity contribution is -0.146. The maximum atomic E-state index is 14.7. The van der Waals surface area contributed by atoms with Crippen molar-refractivity contribution < 1.29 is 23.4 Å². The average Bonchev–Trinajstić information content (AvgIpc) is 3.32. The molecule has 3 aromatic rings. The molecule has 1 saturated heterocycles. The lowest BCUT2D eigenvalue weighted by Crippen LogP contribution is -2.43. The van der Waals surface area contributed by atoms with E-state index >= 15 is 0 Å². The first kappa shape index (κ1) is 23.5. The van der Waals surface area contributed by atoms with E-state index in [4.69, 9.17) is 9.47 Å². The summed E-state index contributed by atoms with van der Waals surface area (Å²) in [6, 6.07) is 6.95. The van der Waals surface area contributed by atoms with Crippen molar-refractivity contribution in [1.82, 2.24) is 19.7 Å². The molecule has 2 atom stereocenters. The van der Waals surface area contributed by atoms with Crippen molar-refractivity contribution in [2.24, 2.45) is 0 Å². The van der Waals surface area contributed by atoms with Crippen molar-refractivity contribution in [2.45, 2.75) is 35.9 Å². The Hall–Kier alpha value is -2.66. The van der Waals surface area contributed by atoms with Crippen LogP contribution in [0.15, 0.2) is 61.5 Å². The second-order valence-corrected chi connectivity index (χ2v) is 9.37. The molecule has 7 nitrogen and oxygen atoms in total. The fourth-order valence-electron chi connectivity index (χ4n) is 3.59. The average molecular weight is 475 g/mol. The molecular weight excluding hydrogens is 450 g/mol. The molecule has 4 rings (SSSR count). The zero-order valence-corrected chi connectivity index (χ0v) is 18.7. The number of hydrogen-bond donors (Lipinski definition) is 1. The van der Waals surface area contributed by atoms with Crippen LogP contribution in [0.2, 0.25) is 0 Å². The van der Waals surface area contributed by atoms with Gasteiger partial charge in [0.2, 0.25) is 0 Å². The van der Waals surface area contributed by atoms with Gasteiger partial charge in [0.1, 0.15) is 29.9 Å².